The second-order valence-electron chi connectivity index (χ2n) is 6.27. The first-order valence-corrected chi connectivity index (χ1v) is 12.5. The fourth-order valence-electron chi connectivity index (χ4n) is 2.65. The molecule has 1 N–H and O–H groups in total. The van der Waals surface area contributed by atoms with E-state index in [9.17, 15) is 0 Å². The van der Waals surface area contributed by atoms with Crippen LogP contribution in [0.4, 0.5) is 0 Å². The molecule has 2 aromatic rings. The molecule has 2 aromatic heterocycles. The van der Waals surface area contributed by atoms with Crippen LogP contribution in [0.3, 0.4) is 0 Å². The predicted molar refractivity (Wildman–Crippen MR) is 130 cm³/mol. The van der Waals surface area contributed by atoms with Crippen LogP contribution in [-0.2, 0) is 13.0 Å². The van der Waals surface area contributed by atoms with Crippen molar-refractivity contribution in [2.45, 2.75) is 73.8 Å². The van der Waals surface area contributed by atoms with Crippen LogP contribution >= 0.6 is 38.6 Å². The zero-order chi connectivity index (χ0) is 20.2. The normalized spacial score (nSPS) is 12.0. The first kappa shape index (κ1) is 24.2. The van der Waals surface area contributed by atoms with Crippen molar-refractivity contribution in [2.75, 3.05) is 0 Å². The minimum absolute atomic E-state index is 0.878. The van der Waals surface area contributed by atoms with Gasteiger partial charge in [0, 0.05) is 20.8 Å². The summed E-state index contributed by atoms with van der Waals surface area (Å²) < 4.78 is 1.29. The fraction of sp³-hybridized carbons (Fsp3) is 0.478. The van der Waals surface area contributed by atoms with Crippen LogP contribution in [-0.4, -0.2) is 0 Å². The summed E-state index contributed by atoms with van der Waals surface area (Å²) in [5.41, 5.74) is 3.92. The maximum absolute atomic E-state index is 3.81. The van der Waals surface area contributed by atoms with Crippen LogP contribution in [0, 0.1) is 6.92 Å². The van der Waals surface area contributed by atoms with Gasteiger partial charge in [0.15, 0.2) is 0 Å². The number of rotatable bonds is 9. The average Bonchev–Trinajstić information content (AvgIpc) is 3.29. The number of hydrogen-bond acceptors (Lipinski definition) is 3. The lowest BCUT2D eigenvalue weighted by Crippen LogP contribution is -2.11. The second kappa shape index (κ2) is 13.4. The van der Waals surface area contributed by atoms with Crippen molar-refractivity contribution in [1.29, 1.82) is 0 Å². The molecule has 1 nitrogen and oxygen atoms in total. The Bertz CT molecular complexity index is 724. The van der Waals surface area contributed by atoms with Crippen LogP contribution in [0.5, 0.6) is 0 Å². The Morgan fingerprint density at radius 1 is 1.22 bits per heavy atom. The van der Waals surface area contributed by atoms with E-state index in [1.54, 1.807) is 11.3 Å². The Hall–Kier alpha value is -0.840. The van der Waals surface area contributed by atoms with Crippen LogP contribution in [0.1, 0.15) is 74.1 Å². The molecular formula is C23H34BrNS2. The molecule has 0 aliphatic rings. The van der Waals surface area contributed by atoms with Gasteiger partial charge in [-0.3, -0.25) is 0 Å². The Kier molecular flexibility index (Phi) is 12.0. The molecule has 0 unspecified atom stereocenters. The molecule has 2 rings (SSSR count). The summed E-state index contributed by atoms with van der Waals surface area (Å²) in [5, 5.41) is 5.83. The van der Waals surface area contributed by atoms with Gasteiger partial charge in [-0.15, -0.1) is 22.7 Å². The summed E-state index contributed by atoms with van der Waals surface area (Å²) in [7, 11) is 0. The lowest BCUT2D eigenvalue weighted by Gasteiger charge is -2.11. The molecule has 2 heterocycles. The topological polar surface area (TPSA) is 12.0 Å². The third kappa shape index (κ3) is 7.59. The van der Waals surface area contributed by atoms with Crippen LogP contribution in [0.15, 0.2) is 39.7 Å². The Labute approximate surface area is 182 Å². The van der Waals surface area contributed by atoms with E-state index in [-0.39, 0.29) is 0 Å². The third-order valence-electron chi connectivity index (χ3n) is 4.02. The summed E-state index contributed by atoms with van der Waals surface area (Å²) in [4.78, 5) is 4.17. The third-order valence-corrected chi connectivity index (χ3v) is 7.62. The van der Waals surface area contributed by atoms with E-state index in [0.29, 0.717) is 0 Å². The number of thiophene rings is 2. The first-order valence-electron chi connectivity index (χ1n) is 9.99. The van der Waals surface area contributed by atoms with Gasteiger partial charge in [0.1, 0.15) is 0 Å². The molecule has 0 saturated heterocycles. The first-order chi connectivity index (χ1) is 13.1. The van der Waals surface area contributed by atoms with Gasteiger partial charge in [0.05, 0.1) is 10.6 Å². The van der Waals surface area contributed by atoms with Gasteiger partial charge in [-0.25, -0.2) is 0 Å². The molecule has 0 bridgehead atoms. The van der Waals surface area contributed by atoms with E-state index in [1.165, 1.54) is 48.8 Å². The van der Waals surface area contributed by atoms with E-state index in [1.807, 2.05) is 25.2 Å². The number of allylic oxidation sites excluding steroid dienone is 3. The van der Waals surface area contributed by atoms with Crippen molar-refractivity contribution in [2.24, 2.45) is 0 Å². The van der Waals surface area contributed by atoms with Crippen molar-refractivity contribution in [3.8, 4) is 0 Å². The monoisotopic (exact) mass is 467 g/mol. The molecule has 27 heavy (non-hydrogen) atoms. The number of halogens is 1. The zero-order valence-corrected chi connectivity index (χ0v) is 20.8. The van der Waals surface area contributed by atoms with E-state index >= 15 is 0 Å². The largest absolute Gasteiger partial charge is 0.379 e. The second-order valence-corrected chi connectivity index (χ2v) is 9.20. The highest BCUT2D eigenvalue weighted by atomic mass is 79.9. The summed E-state index contributed by atoms with van der Waals surface area (Å²) >= 11 is 7.53. The minimum Gasteiger partial charge on any atom is -0.379 e. The molecule has 0 saturated carbocycles. The highest BCUT2D eigenvalue weighted by Crippen LogP contribution is 2.37. The predicted octanol–water partition coefficient (Wildman–Crippen LogP) is 8.74. The lowest BCUT2D eigenvalue weighted by molar-refractivity contribution is 0.907. The van der Waals surface area contributed by atoms with Gasteiger partial charge < -0.3 is 5.32 Å². The Morgan fingerprint density at radius 2 is 1.96 bits per heavy atom. The summed E-state index contributed by atoms with van der Waals surface area (Å²) in [6.07, 6.45) is 9.27. The molecule has 4 heteroatoms. The van der Waals surface area contributed by atoms with Crippen molar-refractivity contribution >= 4 is 44.3 Å². The number of unbranched alkanes of at least 4 members (excludes halogenated alkanes) is 1. The SMILES string of the molecule is CC.CCC/C=C(C)/C=C(/NCc1cccs1)c1sc(CCC)c(Br)c1C. The molecule has 0 aliphatic carbocycles. The highest BCUT2D eigenvalue weighted by Gasteiger charge is 2.16. The molecule has 0 fully saturated rings. The van der Waals surface area contributed by atoms with Crippen molar-refractivity contribution in [1.82, 2.24) is 5.32 Å². The summed E-state index contributed by atoms with van der Waals surface area (Å²) in [6, 6.07) is 4.30. The zero-order valence-electron chi connectivity index (χ0n) is 17.6. The smallest absolute Gasteiger partial charge is 0.0545 e. The van der Waals surface area contributed by atoms with Gasteiger partial charge in [-0.1, -0.05) is 58.3 Å². The minimum atomic E-state index is 0.878. The Morgan fingerprint density at radius 3 is 2.56 bits per heavy atom. The summed E-state index contributed by atoms with van der Waals surface area (Å²) in [6.45, 7) is 13.8. The van der Waals surface area contributed by atoms with Gasteiger partial charge in [0.2, 0.25) is 0 Å². The maximum atomic E-state index is 3.81. The molecule has 0 aromatic carbocycles. The standard InChI is InChI=1S/C21H28BrNS2.C2H6/c1-5-7-10-15(3)13-18(23-14-17-11-8-12-24-17)21-16(4)20(22)19(25-21)9-6-2;1-2/h8,10-13,23H,5-7,9,14H2,1-4H3;1-2H3/b15-10+,18-13+;. The molecule has 150 valence electrons. The Balaban J connectivity index is 0.00000176. The van der Waals surface area contributed by atoms with Gasteiger partial charge in [-0.2, -0.15) is 0 Å². The van der Waals surface area contributed by atoms with Crippen molar-refractivity contribution < 1.29 is 0 Å². The van der Waals surface area contributed by atoms with E-state index in [0.717, 1.165) is 19.4 Å². The molecular weight excluding hydrogens is 434 g/mol. The van der Waals surface area contributed by atoms with Crippen LogP contribution < -0.4 is 5.32 Å². The summed E-state index contributed by atoms with van der Waals surface area (Å²) in [5.74, 6) is 0. The maximum Gasteiger partial charge on any atom is 0.0545 e. The van der Waals surface area contributed by atoms with E-state index in [2.05, 4.69) is 78.6 Å². The average molecular weight is 469 g/mol. The molecule has 0 spiro atoms. The fourth-order valence-corrected chi connectivity index (χ4v) is 5.36. The van der Waals surface area contributed by atoms with Crippen molar-refractivity contribution in [3.05, 3.63) is 59.9 Å². The van der Waals surface area contributed by atoms with Crippen molar-refractivity contribution in [3.63, 3.8) is 0 Å². The van der Waals surface area contributed by atoms with Gasteiger partial charge in [-0.05, 0) is 65.7 Å². The lowest BCUT2D eigenvalue weighted by atomic mass is 10.1. The van der Waals surface area contributed by atoms with Gasteiger partial charge in [0.25, 0.3) is 0 Å². The highest BCUT2D eigenvalue weighted by molar-refractivity contribution is 9.10. The number of aryl methyl sites for hydroxylation is 1. The quantitative estimate of drug-likeness (QED) is 0.363. The molecule has 0 aliphatic heterocycles. The number of nitrogens with one attached hydrogen (secondary N) is 1. The molecule has 0 radical (unpaired) electrons. The van der Waals surface area contributed by atoms with Gasteiger partial charge >= 0.3 is 0 Å². The van der Waals surface area contributed by atoms with E-state index in [4.69, 9.17) is 0 Å². The van der Waals surface area contributed by atoms with E-state index < -0.39 is 0 Å². The molecule has 0 amide bonds. The number of hydrogen-bond donors (Lipinski definition) is 1. The van der Waals surface area contributed by atoms with Crippen LogP contribution in [0.2, 0.25) is 0 Å². The van der Waals surface area contributed by atoms with Crippen LogP contribution in [0.25, 0.3) is 5.70 Å². The molecule has 0 atom stereocenters.